The first-order valence-electron chi connectivity index (χ1n) is 22.4. The van der Waals surface area contributed by atoms with Gasteiger partial charge in [-0.3, -0.25) is 9.59 Å². The molecule has 0 bridgehead atoms. The molecule has 6 nitrogen and oxygen atoms in total. The molecule has 51 heavy (non-hydrogen) atoms. The lowest BCUT2D eigenvalue weighted by Gasteiger charge is -2.29. The lowest BCUT2D eigenvalue weighted by molar-refractivity contribution is -0.145. The first-order chi connectivity index (χ1) is 24.8. The molecule has 0 radical (unpaired) electrons. The van der Waals surface area contributed by atoms with Crippen LogP contribution in [0.2, 0.25) is 0 Å². The van der Waals surface area contributed by atoms with E-state index in [1.165, 1.54) is 109 Å². The van der Waals surface area contributed by atoms with Crippen molar-refractivity contribution in [3.05, 3.63) is 0 Å². The summed E-state index contributed by atoms with van der Waals surface area (Å²) < 4.78 is 11.3. The quantitative estimate of drug-likeness (QED) is 0.0501. The number of aliphatic hydroxyl groups is 1. The van der Waals surface area contributed by atoms with Gasteiger partial charge in [-0.1, -0.05) is 157 Å². The van der Waals surface area contributed by atoms with Gasteiger partial charge in [0.25, 0.3) is 0 Å². The van der Waals surface area contributed by atoms with Gasteiger partial charge in [-0.25, -0.2) is 0 Å². The van der Waals surface area contributed by atoms with Crippen molar-refractivity contribution >= 4 is 11.9 Å². The smallest absolute Gasteiger partial charge is 0.305 e. The Morgan fingerprint density at radius 3 is 1.53 bits per heavy atom. The molecule has 6 heteroatoms. The number of hydrogen-bond donors (Lipinski definition) is 1. The Hall–Kier alpha value is -1.14. The monoisotopic (exact) mass is 724 g/mol. The fourth-order valence-electron chi connectivity index (χ4n) is 7.06. The van der Waals surface area contributed by atoms with E-state index in [4.69, 9.17) is 9.47 Å². The molecular weight excluding hydrogens is 634 g/mol. The predicted molar refractivity (Wildman–Crippen MR) is 218 cm³/mol. The first-order valence-corrected chi connectivity index (χ1v) is 22.4. The lowest BCUT2D eigenvalue weighted by Crippen LogP contribution is -2.32. The minimum Gasteiger partial charge on any atom is -0.466 e. The highest BCUT2D eigenvalue weighted by Crippen LogP contribution is 2.28. The van der Waals surface area contributed by atoms with Gasteiger partial charge >= 0.3 is 11.9 Å². The summed E-state index contributed by atoms with van der Waals surface area (Å²) in [6, 6.07) is 0. The molecular formula is C45H89NO5. The van der Waals surface area contributed by atoms with Gasteiger partial charge in [0, 0.05) is 19.4 Å². The zero-order valence-electron chi connectivity index (χ0n) is 35.1. The maximum absolute atomic E-state index is 12.5. The van der Waals surface area contributed by atoms with E-state index in [1.807, 2.05) is 0 Å². The predicted octanol–water partition coefficient (Wildman–Crippen LogP) is 12.8. The lowest BCUT2D eigenvalue weighted by atomic mass is 9.83. The van der Waals surface area contributed by atoms with Gasteiger partial charge in [0.2, 0.25) is 0 Å². The van der Waals surface area contributed by atoms with Crippen LogP contribution in [0.25, 0.3) is 0 Å². The van der Waals surface area contributed by atoms with Gasteiger partial charge in [0.15, 0.2) is 0 Å². The van der Waals surface area contributed by atoms with E-state index in [9.17, 15) is 14.7 Å². The summed E-state index contributed by atoms with van der Waals surface area (Å²) in [6.07, 6.45) is 34.8. The van der Waals surface area contributed by atoms with Crippen LogP contribution in [-0.4, -0.2) is 61.4 Å². The van der Waals surface area contributed by atoms with E-state index in [0.29, 0.717) is 32.0 Å². The van der Waals surface area contributed by atoms with Crippen LogP contribution in [0.4, 0.5) is 0 Å². The molecule has 0 aliphatic heterocycles. The summed E-state index contributed by atoms with van der Waals surface area (Å²) in [6.45, 7) is 15.6. The third kappa shape index (κ3) is 35.6. The van der Waals surface area contributed by atoms with Crippen LogP contribution in [-0.2, 0) is 19.1 Å². The van der Waals surface area contributed by atoms with Crippen LogP contribution >= 0.6 is 0 Å². The van der Waals surface area contributed by atoms with E-state index in [0.717, 1.165) is 90.3 Å². The van der Waals surface area contributed by atoms with Crippen molar-refractivity contribution in [3.8, 4) is 0 Å². The average Bonchev–Trinajstić information content (AvgIpc) is 3.11. The van der Waals surface area contributed by atoms with Crippen molar-refractivity contribution < 1.29 is 24.2 Å². The van der Waals surface area contributed by atoms with Crippen LogP contribution in [0.3, 0.4) is 0 Å². The Labute approximate surface area is 318 Å². The van der Waals surface area contributed by atoms with E-state index in [-0.39, 0.29) is 24.0 Å². The Kier molecular flexibility index (Phi) is 36.4. The van der Waals surface area contributed by atoms with Gasteiger partial charge in [-0.05, 0) is 82.2 Å². The summed E-state index contributed by atoms with van der Waals surface area (Å²) in [5.74, 6) is 0.495. The summed E-state index contributed by atoms with van der Waals surface area (Å²) in [5.41, 5.74) is 0.230. The number of nitrogens with zero attached hydrogens (tertiary/aromatic N) is 1. The Bertz CT molecular complexity index is 743. The third-order valence-corrected chi connectivity index (χ3v) is 10.8. The fraction of sp³-hybridized carbons (Fsp3) is 0.956. The minimum atomic E-state index is -0.0316. The van der Waals surface area contributed by atoms with Gasteiger partial charge in [-0.2, -0.15) is 0 Å². The molecule has 1 N–H and O–H groups in total. The largest absolute Gasteiger partial charge is 0.466 e. The second kappa shape index (κ2) is 37.2. The number of ether oxygens (including phenoxy) is 2. The molecule has 0 rings (SSSR count). The highest BCUT2D eigenvalue weighted by atomic mass is 16.5. The molecule has 0 aliphatic carbocycles. The van der Waals surface area contributed by atoms with Crippen molar-refractivity contribution in [1.82, 2.24) is 4.90 Å². The maximum atomic E-state index is 12.5. The van der Waals surface area contributed by atoms with Crippen LogP contribution < -0.4 is 0 Å². The van der Waals surface area contributed by atoms with Crippen LogP contribution in [0.1, 0.15) is 227 Å². The summed E-state index contributed by atoms with van der Waals surface area (Å²) in [5, 5.41) is 9.65. The number of esters is 2. The fourth-order valence-corrected chi connectivity index (χ4v) is 7.06. The third-order valence-electron chi connectivity index (χ3n) is 10.8. The molecule has 0 aliphatic rings. The van der Waals surface area contributed by atoms with Crippen LogP contribution in [0, 0.1) is 11.3 Å². The van der Waals surface area contributed by atoms with Gasteiger partial charge in [0.1, 0.15) is 0 Å². The van der Waals surface area contributed by atoms with Crippen molar-refractivity contribution in [2.75, 3.05) is 39.5 Å². The molecule has 0 aromatic heterocycles. The number of aliphatic hydroxyl groups excluding tert-OH is 1. The average molecular weight is 724 g/mol. The van der Waals surface area contributed by atoms with E-state index in [2.05, 4.69) is 39.5 Å². The summed E-state index contributed by atoms with van der Waals surface area (Å²) in [7, 11) is 0. The molecule has 0 aromatic rings. The molecule has 0 saturated heterocycles. The maximum Gasteiger partial charge on any atom is 0.305 e. The van der Waals surface area contributed by atoms with Crippen molar-refractivity contribution in [3.63, 3.8) is 0 Å². The standard InChI is InChI=1S/C45H89NO5/c1-6-9-12-15-16-20-25-32-43(48)50-40-29-27-34-45(4,5)35-37-46(38-39-47)36-28-22-17-21-26-33-44(49)51-41-42(30-23-18-13-10-7-2)31-24-19-14-11-8-3/h42,47H,6-41H2,1-5H3. The van der Waals surface area contributed by atoms with Crippen LogP contribution in [0.15, 0.2) is 0 Å². The molecule has 304 valence electrons. The number of hydrogen-bond acceptors (Lipinski definition) is 6. The molecule has 0 aromatic carbocycles. The van der Waals surface area contributed by atoms with Crippen molar-refractivity contribution in [1.29, 1.82) is 0 Å². The zero-order chi connectivity index (χ0) is 37.7. The number of rotatable bonds is 40. The molecule has 0 atom stereocenters. The minimum absolute atomic E-state index is 0.00600. The Balaban J connectivity index is 4.07. The van der Waals surface area contributed by atoms with Gasteiger partial charge < -0.3 is 19.5 Å². The number of unbranched alkanes of at least 4 members (excludes halogenated alkanes) is 19. The summed E-state index contributed by atoms with van der Waals surface area (Å²) in [4.78, 5) is 27.0. The topological polar surface area (TPSA) is 76.1 Å². The normalized spacial score (nSPS) is 11.9. The second-order valence-electron chi connectivity index (χ2n) is 16.5. The molecule has 0 unspecified atom stereocenters. The van der Waals surface area contributed by atoms with Crippen molar-refractivity contribution in [2.45, 2.75) is 227 Å². The highest BCUT2D eigenvalue weighted by Gasteiger charge is 2.19. The van der Waals surface area contributed by atoms with Gasteiger partial charge in [-0.15, -0.1) is 0 Å². The summed E-state index contributed by atoms with van der Waals surface area (Å²) >= 11 is 0. The highest BCUT2D eigenvalue weighted by molar-refractivity contribution is 5.69. The zero-order valence-corrected chi connectivity index (χ0v) is 35.1. The van der Waals surface area contributed by atoms with E-state index >= 15 is 0 Å². The number of carbonyl (C=O) groups is 2. The van der Waals surface area contributed by atoms with Crippen molar-refractivity contribution in [2.24, 2.45) is 11.3 Å². The second-order valence-corrected chi connectivity index (χ2v) is 16.5. The molecule has 0 saturated carbocycles. The Morgan fingerprint density at radius 1 is 0.529 bits per heavy atom. The molecule has 0 fully saturated rings. The van der Waals surface area contributed by atoms with Crippen LogP contribution in [0.5, 0.6) is 0 Å². The Morgan fingerprint density at radius 2 is 1.00 bits per heavy atom. The van der Waals surface area contributed by atoms with E-state index in [1.54, 1.807) is 0 Å². The SMILES string of the molecule is CCCCCCCCCC(=O)OCCCCC(C)(C)CCN(CCO)CCCCCCCC(=O)OCC(CCCCCCC)CCCCCCC. The first kappa shape index (κ1) is 49.9. The molecule has 0 heterocycles. The van der Waals surface area contributed by atoms with Gasteiger partial charge in [0.05, 0.1) is 19.8 Å². The molecule has 0 spiro atoms. The molecule has 0 amide bonds. The van der Waals surface area contributed by atoms with E-state index < -0.39 is 0 Å². The number of carbonyl (C=O) groups excluding carboxylic acids is 2.